The van der Waals surface area contributed by atoms with Crippen LogP contribution in [0.3, 0.4) is 0 Å². The first-order valence-electron chi connectivity index (χ1n) is 5.78. The molecule has 0 aromatic heterocycles. The molecule has 6 heteroatoms. The molecule has 0 bridgehead atoms. The van der Waals surface area contributed by atoms with Gasteiger partial charge >= 0.3 is 0 Å². The monoisotopic (exact) mass is 294 g/mol. The lowest BCUT2D eigenvalue weighted by atomic mass is 10.2. The largest absolute Gasteiger partial charge is 0.481 e. The molecule has 0 heterocycles. The van der Waals surface area contributed by atoms with E-state index < -0.39 is 11.7 Å². The van der Waals surface area contributed by atoms with Crippen LogP contribution in [0.15, 0.2) is 42.5 Å². The molecule has 0 aliphatic carbocycles. The van der Waals surface area contributed by atoms with E-state index >= 15 is 0 Å². The molecule has 2 rings (SSSR count). The number of nitrogen functional groups attached to an aromatic ring is 1. The highest BCUT2D eigenvalue weighted by atomic mass is 35.5. The topological polar surface area (TPSA) is 64.3 Å². The fourth-order valence-electron chi connectivity index (χ4n) is 1.54. The predicted molar refractivity (Wildman–Crippen MR) is 76.4 cm³/mol. The van der Waals surface area contributed by atoms with E-state index in [4.69, 9.17) is 22.1 Å². The number of para-hydroxylation sites is 1. The number of hydrogen-bond acceptors (Lipinski definition) is 3. The van der Waals surface area contributed by atoms with Crippen LogP contribution in [0.2, 0.25) is 5.02 Å². The molecule has 0 unspecified atom stereocenters. The van der Waals surface area contributed by atoms with E-state index in [-0.39, 0.29) is 12.4 Å². The number of carbonyl (C=O) groups is 1. The summed E-state index contributed by atoms with van der Waals surface area (Å²) in [7, 11) is 0. The van der Waals surface area contributed by atoms with E-state index in [0.717, 1.165) is 0 Å². The van der Waals surface area contributed by atoms with Crippen LogP contribution in [0, 0.1) is 5.82 Å². The normalized spacial score (nSPS) is 10.1. The number of halogens is 2. The summed E-state index contributed by atoms with van der Waals surface area (Å²) in [5, 5.41) is 3.03. The molecule has 0 atom stereocenters. The van der Waals surface area contributed by atoms with Crippen LogP contribution in [0.5, 0.6) is 5.75 Å². The first-order chi connectivity index (χ1) is 9.56. The molecule has 4 nitrogen and oxygen atoms in total. The second kappa shape index (κ2) is 6.25. The van der Waals surface area contributed by atoms with Gasteiger partial charge in [0, 0.05) is 5.02 Å². The quantitative estimate of drug-likeness (QED) is 0.852. The molecule has 0 saturated heterocycles. The van der Waals surface area contributed by atoms with Gasteiger partial charge in [-0.25, -0.2) is 4.39 Å². The van der Waals surface area contributed by atoms with E-state index in [1.54, 1.807) is 18.2 Å². The second-order valence-corrected chi connectivity index (χ2v) is 4.44. The van der Waals surface area contributed by atoms with Gasteiger partial charge in [0.15, 0.2) is 18.2 Å². The van der Waals surface area contributed by atoms with Gasteiger partial charge in [0.1, 0.15) is 0 Å². The van der Waals surface area contributed by atoms with Crippen molar-refractivity contribution in [3.05, 3.63) is 53.3 Å². The van der Waals surface area contributed by atoms with Crippen molar-refractivity contribution in [2.45, 2.75) is 0 Å². The Balaban J connectivity index is 1.94. The Hall–Kier alpha value is -2.27. The third kappa shape index (κ3) is 3.61. The number of benzene rings is 2. The van der Waals surface area contributed by atoms with Crippen molar-refractivity contribution in [3.63, 3.8) is 0 Å². The molecule has 0 saturated carbocycles. The maximum atomic E-state index is 13.3. The molecule has 3 N–H and O–H groups in total. The SMILES string of the molecule is Nc1cc(Cl)ccc1NC(=O)COc1ccccc1F. The number of carbonyl (C=O) groups excluding carboxylic acids is 1. The summed E-state index contributed by atoms with van der Waals surface area (Å²) in [6, 6.07) is 10.6. The number of hydrogen-bond donors (Lipinski definition) is 2. The Morgan fingerprint density at radius 1 is 1.30 bits per heavy atom. The summed E-state index contributed by atoms with van der Waals surface area (Å²) in [6.45, 7) is -0.316. The summed E-state index contributed by atoms with van der Waals surface area (Å²) in [5.41, 5.74) is 6.47. The van der Waals surface area contributed by atoms with Crippen LogP contribution in [-0.2, 0) is 4.79 Å². The van der Waals surface area contributed by atoms with E-state index in [1.165, 1.54) is 24.3 Å². The van der Waals surface area contributed by atoms with Gasteiger partial charge in [0.05, 0.1) is 11.4 Å². The minimum atomic E-state index is -0.522. The van der Waals surface area contributed by atoms with Crippen molar-refractivity contribution in [1.29, 1.82) is 0 Å². The fraction of sp³-hybridized carbons (Fsp3) is 0.0714. The smallest absolute Gasteiger partial charge is 0.262 e. The van der Waals surface area contributed by atoms with Crippen LogP contribution in [0.25, 0.3) is 0 Å². The molecule has 2 aromatic carbocycles. The highest BCUT2D eigenvalue weighted by Crippen LogP contribution is 2.22. The summed E-state index contributed by atoms with van der Waals surface area (Å²) in [4.78, 5) is 11.7. The standard InChI is InChI=1S/C14H12ClFN2O2/c15-9-5-6-12(11(17)7-9)18-14(19)8-20-13-4-2-1-3-10(13)16/h1-7H,8,17H2,(H,18,19). The predicted octanol–water partition coefficient (Wildman–Crippen LogP) is 3.08. The zero-order valence-corrected chi connectivity index (χ0v) is 11.2. The molecular weight excluding hydrogens is 283 g/mol. The van der Waals surface area contributed by atoms with Gasteiger partial charge in [-0.15, -0.1) is 0 Å². The lowest BCUT2D eigenvalue weighted by molar-refractivity contribution is -0.118. The van der Waals surface area contributed by atoms with Gasteiger partial charge in [0.25, 0.3) is 5.91 Å². The van der Waals surface area contributed by atoms with Gasteiger partial charge in [-0.2, -0.15) is 0 Å². The maximum absolute atomic E-state index is 13.3. The summed E-state index contributed by atoms with van der Waals surface area (Å²) < 4.78 is 18.4. The Kier molecular flexibility index (Phi) is 4.42. The van der Waals surface area contributed by atoms with Crippen LogP contribution in [0.1, 0.15) is 0 Å². The molecule has 0 fully saturated rings. The number of rotatable bonds is 4. The lowest BCUT2D eigenvalue weighted by Crippen LogP contribution is -2.21. The summed E-state index contributed by atoms with van der Waals surface area (Å²) in [6.07, 6.45) is 0. The number of nitrogens with two attached hydrogens (primary N) is 1. The Morgan fingerprint density at radius 2 is 2.05 bits per heavy atom. The molecule has 2 aromatic rings. The number of anilines is 2. The number of amides is 1. The van der Waals surface area contributed by atoms with Crippen molar-refractivity contribution < 1.29 is 13.9 Å². The molecule has 0 radical (unpaired) electrons. The molecule has 1 amide bonds. The molecule has 0 aliphatic rings. The Morgan fingerprint density at radius 3 is 2.75 bits per heavy atom. The van der Waals surface area contributed by atoms with E-state index in [1.807, 2.05) is 0 Å². The minimum Gasteiger partial charge on any atom is -0.481 e. The van der Waals surface area contributed by atoms with E-state index in [0.29, 0.717) is 16.4 Å². The van der Waals surface area contributed by atoms with Crippen molar-refractivity contribution in [1.82, 2.24) is 0 Å². The third-order valence-corrected chi connectivity index (χ3v) is 2.72. The highest BCUT2D eigenvalue weighted by molar-refractivity contribution is 6.31. The highest BCUT2D eigenvalue weighted by Gasteiger charge is 2.08. The van der Waals surface area contributed by atoms with Gasteiger partial charge in [-0.1, -0.05) is 23.7 Å². The average molecular weight is 295 g/mol. The minimum absolute atomic E-state index is 0.0201. The Bertz CT molecular complexity index is 634. The molecule has 0 aliphatic heterocycles. The van der Waals surface area contributed by atoms with Crippen LogP contribution in [-0.4, -0.2) is 12.5 Å². The van der Waals surface area contributed by atoms with Crippen molar-refractivity contribution in [3.8, 4) is 5.75 Å². The lowest BCUT2D eigenvalue weighted by Gasteiger charge is -2.10. The van der Waals surface area contributed by atoms with Gasteiger partial charge in [-0.05, 0) is 30.3 Å². The zero-order chi connectivity index (χ0) is 14.5. The van der Waals surface area contributed by atoms with Crippen LogP contribution in [0.4, 0.5) is 15.8 Å². The zero-order valence-electron chi connectivity index (χ0n) is 10.4. The number of ether oxygens (including phenoxy) is 1. The van der Waals surface area contributed by atoms with Gasteiger partial charge < -0.3 is 15.8 Å². The van der Waals surface area contributed by atoms with E-state index in [2.05, 4.69) is 5.32 Å². The van der Waals surface area contributed by atoms with Crippen LogP contribution >= 0.6 is 11.6 Å². The fourth-order valence-corrected chi connectivity index (χ4v) is 1.72. The van der Waals surface area contributed by atoms with Crippen molar-refractivity contribution in [2.24, 2.45) is 0 Å². The number of nitrogens with one attached hydrogen (secondary N) is 1. The molecule has 0 spiro atoms. The average Bonchev–Trinajstić information content (AvgIpc) is 2.41. The Labute approximate surface area is 120 Å². The van der Waals surface area contributed by atoms with Crippen LogP contribution < -0.4 is 15.8 Å². The van der Waals surface area contributed by atoms with Crippen molar-refractivity contribution in [2.75, 3.05) is 17.7 Å². The first-order valence-corrected chi connectivity index (χ1v) is 6.16. The third-order valence-electron chi connectivity index (χ3n) is 2.48. The maximum Gasteiger partial charge on any atom is 0.262 e. The van der Waals surface area contributed by atoms with E-state index in [9.17, 15) is 9.18 Å². The molecule has 104 valence electrons. The van der Waals surface area contributed by atoms with Crippen molar-refractivity contribution >= 4 is 28.9 Å². The molecular formula is C14H12ClFN2O2. The summed E-state index contributed by atoms with van der Waals surface area (Å²) >= 11 is 5.75. The summed E-state index contributed by atoms with van der Waals surface area (Å²) in [5.74, 6) is -0.944. The molecule has 20 heavy (non-hydrogen) atoms. The van der Waals surface area contributed by atoms with Gasteiger partial charge in [0.2, 0.25) is 0 Å². The second-order valence-electron chi connectivity index (χ2n) is 4.00. The van der Waals surface area contributed by atoms with Gasteiger partial charge in [-0.3, -0.25) is 4.79 Å². The first kappa shape index (κ1) is 14.1.